The first-order valence-electron chi connectivity index (χ1n) is 7.30. The van der Waals surface area contributed by atoms with E-state index in [9.17, 15) is 4.79 Å². The predicted molar refractivity (Wildman–Crippen MR) is 82.0 cm³/mol. The van der Waals surface area contributed by atoms with Gasteiger partial charge in [-0.15, -0.1) is 5.10 Å². The normalized spacial score (nSPS) is 10.6. The van der Waals surface area contributed by atoms with Gasteiger partial charge in [-0.3, -0.25) is 4.79 Å². The van der Waals surface area contributed by atoms with Crippen LogP contribution in [0.2, 0.25) is 0 Å². The molecule has 2 aromatic rings. The monoisotopic (exact) mass is 303 g/mol. The molecule has 2 rings (SSSR count). The molecule has 0 spiro atoms. The summed E-state index contributed by atoms with van der Waals surface area (Å²) in [7, 11) is 1.58. The average molecular weight is 303 g/mol. The zero-order valence-electron chi connectivity index (χ0n) is 13.0. The molecule has 0 unspecified atom stereocenters. The predicted octanol–water partition coefficient (Wildman–Crippen LogP) is 2.40. The number of aldehydes is 1. The molecule has 118 valence electrons. The average Bonchev–Trinajstić information content (AvgIpc) is 2.91. The van der Waals surface area contributed by atoms with Crippen LogP contribution in [-0.2, 0) is 17.9 Å². The molecular weight excluding hydrogens is 282 g/mol. The van der Waals surface area contributed by atoms with E-state index in [0.717, 1.165) is 24.3 Å². The highest BCUT2D eigenvalue weighted by Crippen LogP contribution is 2.12. The number of unbranched alkanes of at least 4 members (excludes halogenated alkanes) is 1. The van der Waals surface area contributed by atoms with Crippen molar-refractivity contribution in [1.29, 1.82) is 0 Å². The van der Waals surface area contributed by atoms with E-state index in [0.29, 0.717) is 31.7 Å². The largest absolute Gasteiger partial charge is 0.494 e. The van der Waals surface area contributed by atoms with Crippen molar-refractivity contribution in [2.24, 2.45) is 0 Å². The van der Waals surface area contributed by atoms with Gasteiger partial charge in [0.1, 0.15) is 5.75 Å². The molecule has 1 aromatic heterocycles. The quantitative estimate of drug-likeness (QED) is 0.525. The Bertz CT molecular complexity index is 593. The van der Waals surface area contributed by atoms with Crippen LogP contribution in [0.15, 0.2) is 24.3 Å². The third-order valence-electron chi connectivity index (χ3n) is 3.31. The minimum atomic E-state index is 0.334. The number of rotatable bonds is 9. The number of hydrogen-bond donors (Lipinski definition) is 0. The topological polar surface area (TPSA) is 66.2 Å². The van der Waals surface area contributed by atoms with Crippen LogP contribution in [0.4, 0.5) is 0 Å². The van der Waals surface area contributed by atoms with Crippen LogP contribution in [0.1, 0.15) is 34.6 Å². The van der Waals surface area contributed by atoms with E-state index >= 15 is 0 Å². The van der Waals surface area contributed by atoms with Crippen LogP contribution in [0.25, 0.3) is 0 Å². The second-order valence-corrected chi connectivity index (χ2v) is 5.06. The Hall–Kier alpha value is -2.21. The summed E-state index contributed by atoms with van der Waals surface area (Å²) in [4.78, 5) is 10.9. The summed E-state index contributed by atoms with van der Waals surface area (Å²) >= 11 is 0. The van der Waals surface area contributed by atoms with Crippen LogP contribution in [0.3, 0.4) is 0 Å². The van der Waals surface area contributed by atoms with Gasteiger partial charge in [0.25, 0.3) is 0 Å². The Balaban J connectivity index is 1.75. The number of nitrogens with zero attached hydrogens (tertiary/aromatic N) is 3. The summed E-state index contributed by atoms with van der Waals surface area (Å²) in [5.41, 5.74) is 2.28. The molecule has 6 heteroatoms. The third-order valence-corrected chi connectivity index (χ3v) is 3.31. The Labute approximate surface area is 130 Å². The van der Waals surface area contributed by atoms with Gasteiger partial charge in [0.05, 0.1) is 18.9 Å². The van der Waals surface area contributed by atoms with Crippen molar-refractivity contribution in [3.05, 3.63) is 41.2 Å². The molecule has 0 amide bonds. The number of benzene rings is 1. The summed E-state index contributed by atoms with van der Waals surface area (Å²) < 4.78 is 12.5. The molecule has 0 saturated carbocycles. The maximum atomic E-state index is 10.9. The van der Waals surface area contributed by atoms with E-state index in [-0.39, 0.29) is 0 Å². The highest BCUT2D eigenvalue weighted by Gasteiger charge is 2.11. The summed E-state index contributed by atoms with van der Waals surface area (Å²) in [5.74, 6) is 0.884. The second-order valence-electron chi connectivity index (χ2n) is 5.06. The summed E-state index contributed by atoms with van der Waals surface area (Å²) in [6.07, 6.45) is 2.50. The van der Waals surface area contributed by atoms with Crippen LogP contribution in [-0.4, -0.2) is 35.0 Å². The Kier molecular flexibility index (Phi) is 6.09. The number of carbonyl (C=O) groups is 1. The summed E-state index contributed by atoms with van der Waals surface area (Å²) in [6.45, 7) is 3.72. The van der Waals surface area contributed by atoms with Gasteiger partial charge in [0.2, 0.25) is 0 Å². The minimum absolute atomic E-state index is 0.334. The van der Waals surface area contributed by atoms with Gasteiger partial charge in [0, 0.05) is 13.7 Å². The van der Waals surface area contributed by atoms with Crippen molar-refractivity contribution in [2.75, 3.05) is 13.7 Å². The molecule has 1 aromatic carbocycles. The van der Waals surface area contributed by atoms with E-state index in [1.807, 2.05) is 31.2 Å². The molecule has 0 fully saturated rings. The van der Waals surface area contributed by atoms with Crippen molar-refractivity contribution >= 4 is 6.29 Å². The fraction of sp³-hybridized carbons (Fsp3) is 0.438. The molecule has 1 heterocycles. The van der Waals surface area contributed by atoms with Crippen molar-refractivity contribution in [2.45, 2.75) is 32.9 Å². The molecule has 0 aliphatic rings. The molecule has 0 radical (unpaired) electrons. The van der Waals surface area contributed by atoms with Crippen LogP contribution >= 0.6 is 0 Å². The molecule has 0 aliphatic heterocycles. The maximum Gasteiger partial charge on any atom is 0.172 e. The minimum Gasteiger partial charge on any atom is -0.494 e. The maximum absolute atomic E-state index is 10.9. The van der Waals surface area contributed by atoms with E-state index < -0.39 is 0 Å². The van der Waals surface area contributed by atoms with E-state index in [2.05, 4.69) is 10.3 Å². The second kappa shape index (κ2) is 8.29. The molecule has 0 saturated heterocycles. The molecule has 6 nitrogen and oxygen atoms in total. The lowest BCUT2D eigenvalue weighted by molar-refractivity contribution is 0.111. The number of methoxy groups -OCH3 is 1. The lowest BCUT2D eigenvalue weighted by atomic mass is 10.2. The number of aryl methyl sites for hydroxylation is 2. The van der Waals surface area contributed by atoms with Crippen molar-refractivity contribution in [1.82, 2.24) is 15.0 Å². The van der Waals surface area contributed by atoms with Crippen LogP contribution < -0.4 is 4.74 Å². The Morgan fingerprint density at radius 3 is 2.68 bits per heavy atom. The number of carbonyl (C=O) groups excluding carboxylic acids is 1. The van der Waals surface area contributed by atoms with Crippen LogP contribution in [0.5, 0.6) is 5.75 Å². The fourth-order valence-electron chi connectivity index (χ4n) is 2.09. The van der Waals surface area contributed by atoms with Gasteiger partial charge in [-0.05, 0) is 31.9 Å². The number of ether oxygens (including phenoxy) is 2. The molecule has 22 heavy (non-hydrogen) atoms. The molecular formula is C16H21N3O3. The zero-order valence-corrected chi connectivity index (χ0v) is 13.0. The van der Waals surface area contributed by atoms with Crippen molar-refractivity contribution in [3.8, 4) is 5.75 Å². The summed E-state index contributed by atoms with van der Waals surface area (Å²) in [6, 6.07) is 8.01. The van der Waals surface area contributed by atoms with Gasteiger partial charge in [-0.2, -0.15) is 0 Å². The van der Waals surface area contributed by atoms with Gasteiger partial charge in [-0.1, -0.05) is 22.9 Å². The number of hydrogen-bond acceptors (Lipinski definition) is 5. The van der Waals surface area contributed by atoms with E-state index in [1.165, 1.54) is 5.56 Å². The van der Waals surface area contributed by atoms with Gasteiger partial charge in [0.15, 0.2) is 12.0 Å². The molecule has 0 aliphatic carbocycles. The first-order valence-corrected chi connectivity index (χ1v) is 7.30. The van der Waals surface area contributed by atoms with Crippen molar-refractivity contribution in [3.63, 3.8) is 0 Å². The smallest absolute Gasteiger partial charge is 0.172 e. The SMILES string of the molecule is COCc1c(C=O)nnn1CCCCOc1ccc(C)cc1. The van der Waals surface area contributed by atoms with Gasteiger partial charge >= 0.3 is 0 Å². The van der Waals surface area contributed by atoms with E-state index in [1.54, 1.807) is 11.8 Å². The lowest BCUT2D eigenvalue weighted by Gasteiger charge is -2.08. The first kappa shape index (κ1) is 16.2. The Morgan fingerprint density at radius 2 is 2.00 bits per heavy atom. The van der Waals surface area contributed by atoms with Gasteiger partial charge in [-0.25, -0.2) is 4.68 Å². The lowest BCUT2D eigenvalue weighted by Crippen LogP contribution is -2.08. The third kappa shape index (κ3) is 4.39. The fourth-order valence-corrected chi connectivity index (χ4v) is 2.09. The zero-order chi connectivity index (χ0) is 15.8. The molecule has 0 N–H and O–H groups in total. The summed E-state index contributed by atoms with van der Waals surface area (Å²) in [5, 5.41) is 7.83. The highest BCUT2D eigenvalue weighted by atomic mass is 16.5. The molecule has 0 bridgehead atoms. The molecule has 0 atom stereocenters. The number of aromatic nitrogens is 3. The van der Waals surface area contributed by atoms with Crippen LogP contribution in [0, 0.1) is 6.92 Å². The van der Waals surface area contributed by atoms with E-state index in [4.69, 9.17) is 9.47 Å². The standard InChI is InChI=1S/C16H21N3O3/c1-13-5-7-14(8-6-13)22-10-4-3-9-19-16(12-21-2)15(11-20)17-18-19/h5-8,11H,3-4,9-10,12H2,1-2H3. The highest BCUT2D eigenvalue weighted by molar-refractivity contribution is 5.73. The Morgan fingerprint density at radius 1 is 1.23 bits per heavy atom. The first-order chi connectivity index (χ1) is 10.7. The van der Waals surface area contributed by atoms with Crippen molar-refractivity contribution < 1.29 is 14.3 Å². The van der Waals surface area contributed by atoms with Gasteiger partial charge < -0.3 is 9.47 Å².